The summed E-state index contributed by atoms with van der Waals surface area (Å²) in [5.41, 5.74) is 2.98. The van der Waals surface area contributed by atoms with Gasteiger partial charge in [-0.15, -0.1) is 16.4 Å². The van der Waals surface area contributed by atoms with Crippen LogP contribution in [0.4, 0.5) is 0 Å². The van der Waals surface area contributed by atoms with Crippen molar-refractivity contribution in [3.63, 3.8) is 0 Å². The predicted octanol–water partition coefficient (Wildman–Crippen LogP) is 3.21. The van der Waals surface area contributed by atoms with Crippen molar-refractivity contribution >= 4 is 27.2 Å². The van der Waals surface area contributed by atoms with E-state index in [1.165, 1.54) is 23.1 Å². The molecule has 0 spiro atoms. The van der Waals surface area contributed by atoms with Crippen LogP contribution in [0.3, 0.4) is 0 Å². The molecule has 0 aliphatic carbocycles. The minimum atomic E-state index is 0.680. The van der Waals surface area contributed by atoms with Gasteiger partial charge in [0.05, 0.1) is 11.9 Å². The van der Waals surface area contributed by atoms with Gasteiger partial charge in [0.15, 0.2) is 11.5 Å². The van der Waals surface area contributed by atoms with Gasteiger partial charge in [0.25, 0.3) is 0 Å². The fourth-order valence-corrected chi connectivity index (χ4v) is 4.78. The normalized spacial score (nSPS) is 16.2. The summed E-state index contributed by atoms with van der Waals surface area (Å²) in [7, 11) is 0. The monoisotopic (exact) mass is 352 g/mol. The van der Waals surface area contributed by atoms with Crippen LogP contribution in [0.25, 0.3) is 21.7 Å². The van der Waals surface area contributed by atoms with Crippen LogP contribution in [0.1, 0.15) is 34.9 Å². The van der Waals surface area contributed by atoms with E-state index in [1.807, 2.05) is 39.7 Å². The molecule has 5 rings (SSSR count). The first-order chi connectivity index (χ1) is 12.2. The van der Waals surface area contributed by atoms with E-state index in [4.69, 9.17) is 5.10 Å². The third-order valence-electron chi connectivity index (χ3n) is 4.91. The molecular formula is C18H20N6S. The summed E-state index contributed by atoms with van der Waals surface area (Å²) in [6, 6.07) is 4.36. The molecule has 0 atom stereocenters. The van der Waals surface area contributed by atoms with Gasteiger partial charge in [-0.3, -0.25) is 0 Å². The minimum Gasteiger partial charge on any atom is -0.317 e. The quantitative estimate of drug-likeness (QED) is 0.602. The number of hydrogen-bond acceptors (Lipinski definition) is 5. The molecule has 0 radical (unpaired) electrons. The van der Waals surface area contributed by atoms with Gasteiger partial charge in [-0.2, -0.15) is 5.10 Å². The Kier molecular flexibility index (Phi) is 3.39. The lowest BCUT2D eigenvalue weighted by molar-refractivity contribution is 0.465. The summed E-state index contributed by atoms with van der Waals surface area (Å²) in [6.07, 6.45) is 6.49. The second-order valence-electron chi connectivity index (χ2n) is 6.84. The molecule has 0 bridgehead atoms. The molecule has 4 aromatic heterocycles. The SMILES string of the molecule is Cc1cn2nc(-n3cc4cc(C5CCNCC5)sc4n3)cc(C)c2n1. The van der Waals surface area contributed by atoms with Crippen LogP contribution in [0.15, 0.2) is 24.5 Å². The lowest BCUT2D eigenvalue weighted by Crippen LogP contribution is -2.26. The molecule has 1 saturated heterocycles. The minimum absolute atomic E-state index is 0.680. The molecule has 1 N–H and O–H groups in total. The number of rotatable bonds is 2. The van der Waals surface area contributed by atoms with Crippen LogP contribution >= 0.6 is 11.3 Å². The molecule has 0 amide bonds. The number of nitrogens with one attached hydrogen (secondary N) is 1. The van der Waals surface area contributed by atoms with Gasteiger partial charge in [-0.05, 0) is 63.4 Å². The summed E-state index contributed by atoms with van der Waals surface area (Å²) in [4.78, 5) is 7.07. The van der Waals surface area contributed by atoms with Crippen molar-refractivity contribution in [2.75, 3.05) is 13.1 Å². The molecule has 0 aromatic carbocycles. The van der Waals surface area contributed by atoms with Gasteiger partial charge < -0.3 is 5.32 Å². The first-order valence-corrected chi connectivity index (χ1v) is 9.53. The Balaban J connectivity index is 1.53. The van der Waals surface area contributed by atoms with Gasteiger partial charge in [-0.1, -0.05) is 0 Å². The van der Waals surface area contributed by atoms with E-state index in [9.17, 15) is 0 Å². The van der Waals surface area contributed by atoms with Crippen molar-refractivity contribution in [2.24, 2.45) is 0 Å². The van der Waals surface area contributed by atoms with Crippen molar-refractivity contribution in [3.05, 3.63) is 40.7 Å². The molecule has 0 unspecified atom stereocenters. The molecule has 4 aromatic rings. The second-order valence-corrected chi connectivity index (χ2v) is 7.91. The van der Waals surface area contributed by atoms with E-state index in [0.717, 1.165) is 40.6 Å². The lowest BCUT2D eigenvalue weighted by atomic mass is 9.96. The van der Waals surface area contributed by atoms with Crippen LogP contribution in [0.2, 0.25) is 0 Å². The van der Waals surface area contributed by atoms with Gasteiger partial charge in [0, 0.05) is 16.5 Å². The van der Waals surface area contributed by atoms with Crippen LogP contribution in [0.5, 0.6) is 0 Å². The number of aryl methyl sites for hydroxylation is 2. The number of thiophene rings is 1. The number of nitrogens with zero attached hydrogens (tertiary/aromatic N) is 5. The second kappa shape index (κ2) is 5.64. The largest absolute Gasteiger partial charge is 0.317 e. The molecular weight excluding hydrogens is 332 g/mol. The maximum absolute atomic E-state index is 4.78. The summed E-state index contributed by atoms with van der Waals surface area (Å²) in [5.74, 6) is 1.51. The zero-order valence-corrected chi connectivity index (χ0v) is 15.2. The summed E-state index contributed by atoms with van der Waals surface area (Å²) < 4.78 is 3.73. The maximum Gasteiger partial charge on any atom is 0.174 e. The molecule has 5 heterocycles. The van der Waals surface area contributed by atoms with Crippen molar-refractivity contribution in [3.8, 4) is 5.82 Å². The molecule has 1 fully saturated rings. The predicted molar refractivity (Wildman–Crippen MR) is 99.8 cm³/mol. The van der Waals surface area contributed by atoms with E-state index in [1.54, 1.807) is 0 Å². The fraction of sp³-hybridized carbons (Fsp3) is 0.389. The molecule has 0 saturated carbocycles. The Morgan fingerprint density at radius 1 is 1.12 bits per heavy atom. The highest BCUT2D eigenvalue weighted by Crippen LogP contribution is 2.34. The number of imidazole rings is 1. The van der Waals surface area contributed by atoms with Gasteiger partial charge in [-0.25, -0.2) is 14.2 Å². The van der Waals surface area contributed by atoms with E-state index < -0.39 is 0 Å². The Bertz CT molecular complexity index is 1030. The van der Waals surface area contributed by atoms with Crippen LogP contribution < -0.4 is 5.32 Å². The average molecular weight is 352 g/mol. The Morgan fingerprint density at radius 2 is 1.96 bits per heavy atom. The van der Waals surface area contributed by atoms with Crippen molar-refractivity contribution in [1.82, 2.24) is 29.7 Å². The smallest absolute Gasteiger partial charge is 0.174 e. The molecule has 7 heteroatoms. The highest BCUT2D eigenvalue weighted by atomic mass is 32.1. The molecule has 128 valence electrons. The molecule has 6 nitrogen and oxygen atoms in total. The van der Waals surface area contributed by atoms with Crippen molar-refractivity contribution < 1.29 is 0 Å². The summed E-state index contributed by atoms with van der Waals surface area (Å²) in [5, 5.41) is 14.1. The Labute approximate surface area is 149 Å². The van der Waals surface area contributed by atoms with E-state index in [-0.39, 0.29) is 0 Å². The average Bonchev–Trinajstić information content (AvgIpc) is 3.27. The highest BCUT2D eigenvalue weighted by Gasteiger charge is 2.19. The van der Waals surface area contributed by atoms with Crippen LogP contribution in [0, 0.1) is 13.8 Å². The highest BCUT2D eigenvalue weighted by molar-refractivity contribution is 7.18. The van der Waals surface area contributed by atoms with Gasteiger partial charge in [0.2, 0.25) is 0 Å². The van der Waals surface area contributed by atoms with Crippen molar-refractivity contribution in [2.45, 2.75) is 32.6 Å². The lowest BCUT2D eigenvalue weighted by Gasteiger charge is -2.21. The number of hydrogen-bond donors (Lipinski definition) is 1. The van der Waals surface area contributed by atoms with Crippen molar-refractivity contribution in [1.29, 1.82) is 0 Å². The maximum atomic E-state index is 4.78. The Morgan fingerprint density at radius 3 is 2.76 bits per heavy atom. The fourth-order valence-electron chi connectivity index (χ4n) is 3.61. The molecule has 1 aliphatic heterocycles. The zero-order valence-electron chi connectivity index (χ0n) is 14.4. The summed E-state index contributed by atoms with van der Waals surface area (Å²) in [6.45, 7) is 6.29. The van der Waals surface area contributed by atoms with E-state index >= 15 is 0 Å². The first-order valence-electron chi connectivity index (χ1n) is 8.71. The van der Waals surface area contributed by atoms with E-state index in [0.29, 0.717) is 5.92 Å². The third-order valence-corrected chi connectivity index (χ3v) is 6.11. The molecule has 1 aliphatic rings. The van der Waals surface area contributed by atoms with Gasteiger partial charge >= 0.3 is 0 Å². The number of fused-ring (bicyclic) bond motifs is 2. The van der Waals surface area contributed by atoms with Gasteiger partial charge in [0.1, 0.15) is 4.83 Å². The standard InChI is InChI=1S/C18H20N6S/c1-11-7-16(21-24-9-12(2)20-17(11)24)23-10-14-8-15(25-18(14)22-23)13-3-5-19-6-4-13/h7-10,13,19H,3-6H2,1-2H3. The van der Waals surface area contributed by atoms with Crippen LogP contribution in [-0.2, 0) is 0 Å². The third kappa shape index (κ3) is 2.54. The topological polar surface area (TPSA) is 60.0 Å². The molecule has 25 heavy (non-hydrogen) atoms. The number of piperidine rings is 1. The van der Waals surface area contributed by atoms with Crippen LogP contribution in [-0.4, -0.2) is 37.5 Å². The Hall–Kier alpha value is -2.25. The zero-order chi connectivity index (χ0) is 17.0. The number of aromatic nitrogens is 5. The van der Waals surface area contributed by atoms with E-state index in [2.05, 4.69) is 34.6 Å². The summed E-state index contributed by atoms with van der Waals surface area (Å²) >= 11 is 1.82. The first kappa shape index (κ1) is 15.0.